The van der Waals surface area contributed by atoms with Crippen molar-refractivity contribution in [3.8, 4) is 11.8 Å². The monoisotopic (exact) mass is 233 g/mol. The molecule has 16 heavy (non-hydrogen) atoms. The highest BCUT2D eigenvalue weighted by molar-refractivity contribution is 6.31. The van der Waals surface area contributed by atoms with E-state index >= 15 is 0 Å². The van der Waals surface area contributed by atoms with Gasteiger partial charge in [-0.2, -0.15) is 5.26 Å². The molecule has 80 valence electrons. The minimum absolute atomic E-state index is 0.124. The first-order valence-corrected chi connectivity index (χ1v) is 4.93. The standard InChI is InChI=1S/C10H8ClN5/c11-9-3-8(2-1-7(9)4-12)16-6-14-10(5-13)15-16/h1-3,6H,4,12H2. The van der Waals surface area contributed by atoms with Gasteiger partial charge in [0.05, 0.1) is 5.69 Å². The Morgan fingerprint density at radius 3 is 2.88 bits per heavy atom. The molecule has 0 amide bonds. The summed E-state index contributed by atoms with van der Waals surface area (Å²) >= 11 is 6.01. The molecule has 2 rings (SSSR count). The highest BCUT2D eigenvalue weighted by Crippen LogP contribution is 2.19. The van der Waals surface area contributed by atoms with Crippen LogP contribution in [0, 0.1) is 11.3 Å². The maximum atomic E-state index is 8.60. The zero-order valence-corrected chi connectivity index (χ0v) is 9.02. The lowest BCUT2D eigenvalue weighted by Gasteiger charge is -2.04. The Morgan fingerprint density at radius 1 is 1.50 bits per heavy atom. The fourth-order valence-corrected chi connectivity index (χ4v) is 1.53. The second kappa shape index (κ2) is 4.31. The van der Waals surface area contributed by atoms with Crippen molar-refractivity contribution in [3.05, 3.63) is 40.9 Å². The van der Waals surface area contributed by atoms with E-state index in [-0.39, 0.29) is 5.82 Å². The van der Waals surface area contributed by atoms with Gasteiger partial charge in [-0.25, -0.2) is 9.67 Å². The van der Waals surface area contributed by atoms with Crippen LogP contribution in [0.1, 0.15) is 11.4 Å². The van der Waals surface area contributed by atoms with Gasteiger partial charge in [-0.3, -0.25) is 0 Å². The summed E-state index contributed by atoms with van der Waals surface area (Å²) in [7, 11) is 0. The number of nitrogens with two attached hydrogens (primary N) is 1. The Bertz CT molecular complexity index is 555. The van der Waals surface area contributed by atoms with Crippen molar-refractivity contribution in [1.29, 1.82) is 5.26 Å². The number of hydrogen-bond donors (Lipinski definition) is 1. The molecular formula is C10H8ClN5. The minimum atomic E-state index is 0.124. The summed E-state index contributed by atoms with van der Waals surface area (Å²) in [5.41, 5.74) is 7.12. The van der Waals surface area contributed by atoms with Crippen LogP contribution < -0.4 is 5.73 Å². The molecule has 1 aromatic heterocycles. The Hall–Kier alpha value is -1.90. The van der Waals surface area contributed by atoms with Gasteiger partial charge < -0.3 is 5.73 Å². The number of nitriles is 1. The quantitative estimate of drug-likeness (QED) is 0.847. The van der Waals surface area contributed by atoms with Crippen LogP contribution in [-0.4, -0.2) is 14.8 Å². The molecule has 0 saturated heterocycles. The van der Waals surface area contributed by atoms with Gasteiger partial charge in [0.2, 0.25) is 0 Å². The molecule has 6 heteroatoms. The lowest BCUT2D eigenvalue weighted by atomic mass is 10.2. The molecule has 2 aromatic rings. The van der Waals surface area contributed by atoms with Gasteiger partial charge in [-0.15, -0.1) is 5.10 Å². The van der Waals surface area contributed by atoms with Crippen molar-refractivity contribution >= 4 is 11.6 Å². The van der Waals surface area contributed by atoms with Gasteiger partial charge in [-0.05, 0) is 17.7 Å². The zero-order chi connectivity index (χ0) is 11.5. The summed E-state index contributed by atoms with van der Waals surface area (Å²) in [5, 5.41) is 13.1. The van der Waals surface area contributed by atoms with Crippen LogP contribution in [0.15, 0.2) is 24.5 Å². The van der Waals surface area contributed by atoms with Crippen LogP contribution >= 0.6 is 11.6 Å². The predicted molar refractivity (Wildman–Crippen MR) is 59.0 cm³/mol. The van der Waals surface area contributed by atoms with Gasteiger partial charge in [0.25, 0.3) is 5.82 Å². The Morgan fingerprint density at radius 2 is 2.31 bits per heavy atom. The van der Waals surface area contributed by atoms with Crippen molar-refractivity contribution < 1.29 is 0 Å². The summed E-state index contributed by atoms with van der Waals surface area (Å²) in [6.07, 6.45) is 1.46. The SMILES string of the molecule is N#Cc1ncn(-c2ccc(CN)c(Cl)c2)n1. The van der Waals surface area contributed by atoms with Crippen molar-refractivity contribution in [2.24, 2.45) is 5.73 Å². The molecule has 0 atom stereocenters. The number of nitrogens with zero attached hydrogens (tertiary/aromatic N) is 4. The van der Waals surface area contributed by atoms with Gasteiger partial charge >= 0.3 is 0 Å². The molecule has 0 spiro atoms. The first-order chi connectivity index (χ1) is 7.74. The lowest BCUT2D eigenvalue weighted by Crippen LogP contribution is -2.00. The first-order valence-electron chi connectivity index (χ1n) is 4.55. The van der Waals surface area contributed by atoms with Gasteiger partial charge in [-0.1, -0.05) is 17.7 Å². The second-order valence-corrected chi connectivity index (χ2v) is 3.51. The smallest absolute Gasteiger partial charge is 0.252 e. The number of aromatic nitrogens is 3. The molecule has 0 radical (unpaired) electrons. The topological polar surface area (TPSA) is 80.5 Å². The third kappa shape index (κ3) is 1.89. The third-order valence-corrected chi connectivity index (χ3v) is 2.46. The molecule has 0 aliphatic carbocycles. The fourth-order valence-electron chi connectivity index (χ4n) is 1.28. The fraction of sp³-hybridized carbons (Fsp3) is 0.100. The zero-order valence-electron chi connectivity index (χ0n) is 8.26. The minimum Gasteiger partial charge on any atom is -0.326 e. The van der Waals surface area contributed by atoms with Crippen molar-refractivity contribution in [2.45, 2.75) is 6.54 Å². The number of benzene rings is 1. The highest BCUT2D eigenvalue weighted by atomic mass is 35.5. The largest absolute Gasteiger partial charge is 0.326 e. The van der Waals surface area contributed by atoms with Crippen molar-refractivity contribution in [3.63, 3.8) is 0 Å². The number of halogens is 1. The molecular weight excluding hydrogens is 226 g/mol. The van der Waals surface area contributed by atoms with E-state index in [2.05, 4.69) is 10.1 Å². The van der Waals surface area contributed by atoms with Crippen LogP contribution in [0.4, 0.5) is 0 Å². The lowest BCUT2D eigenvalue weighted by molar-refractivity contribution is 0.871. The molecule has 2 N–H and O–H groups in total. The van der Waals surface area contributed by atoms with Crippen molar-refractivity contribution in [2.75, 3.05) is 0 Å². The average molecular weight is 234 g/mol. The predicted octanol–water partition coefficient (Wildman–Crippen LogP) is 1.25. The molecule has 5 nitrogen and oxygen atoms in total. The molecule has 0 aliphatic heterocycles. The van der Waals surface area contributed by atoms with E-state index in [0.717, 1.165) is 11.3 Å². The van der Waals surface area contributed by atoms with E-state index in [9.17, 15) is 0 Å². The Kier molecular flexibility index (Phi) is 2.86. The maximum absolute atomic E-state index is 8.60. The second-order valence-electron chi connectivity index (χ2n) is 3.10. The molecule has 0 bridgehead atoms. The summed E-state index contributed by atoms with van der Waals surface area (Å²) in [4.78, 5) is 3.81. The normalized spacial score (nSPS) is 10.1. The molecule has 0 aliphatic rings. The molecule has 1 aromatic carbocycles. The molecule has 0 fully saturated rings. The van der Waals surface area contributed by atoms with Crippen LogP contribution in [0.3, 0.4) is 0 Å². The number of rotatable bonds is 2. The molecule has 0 unspecified atom stereocenters. The Balaban J connectivity index is 2.42. The van der Waals surface area contributed by atoms with Gasteiger partial charge in [0.1, 0.15) is 12.4 Å². The summed E-state index contributed by atoms with van der Waals surface area (Å²) in [6.45, 7) is 0.389. The third-order valence-electron chi connectivity index (χ3n) is 2.11. The summed E-state index contributed by atoms with van der Waals surface area (Å²) in [6, 6.07) is 7.24. The van der Waals surface area contributed by atoms with E-state index in [0.29, 0.717) is 11.6 Å². The first kappa shape index (κ1) is 10.6. The number of hydrogen-bond acceptors (Lipinski definition) is 4. The highest BCUT2D eigenvalue weighted by Gasteiger charge is 2.04. The average Bonchev–Trinajstić information content (AvgIpc) is 2.77. The van der Waals surface area contributed by atoms with Crippen LogP contribution in [0.25, 0.3) is 5.69 Å². The van der Waals surface area contributed by atoms with Gasteiger partial charge in [0, 0.05) is 11.6 Å². The summed E-state index contributed by atoms with van der Waals surface area (Å²) in [5.74, 6) is 0.124. The van der Waals surface area contributed by atoms with E-state index in [4.69, 9.17) is 22.6 Å². The summed E-state index contributed by atoms with van der Waals surface area (Å²) < 4.78 is 1.49. The van der Waals surface area contributed by atoms with Crippen LogP contribution in [-0.2, 0) is 6.54 Å². The van der Waals surface area contributed by atoms with Crippen LogP contribution in [0.5, 0.6) is 0 Å². The van der Waals surface area contributed by atoms with E-state index in [1.54, 1.807) is 6.07 Å². The maximum Gasteiger partial charge on any atom is 0.252 e. The van der Waals surface area contributed by atoms with E-state index in [1.165, 1.54) is 11.0 Å². The Labute approximate surface area is 97.1 Å². The van der Waals surface area contributed by atoms with Crippen LogP contribution in [0.2, 0.25) is 5.02 Å². The van der Waals surface area contributed by atoms with Gasteiger partial charge in [0.15, 0.2) is 0 Å². The molecule has 1 heterocycles. The molecule has 0 saturated carbocycles. The van der Waals surface area contributed by atoms with Crippen molar-refractivity contribution in [1.82, 2.24) is 14.8 Å². The van der Waals surface area contributed by atoms with E-state index < -0.39 is 0 Å². The van der Waals surface area contributed by atoms with E-state index in [1.807, 2.05) is 18.2 Å².